The van der Waals surface area contributed by atoms with E-state index in [9.17, 15) is 19.7 Å². The van der Waals surface area contributed by atoms with Gasteiger partial charge in [-0.15, -0.1) is 0 Å². The van der Waals surface area contributed by atoms with Gasteiger partial charge >= 0.3 is 5.97 Å². The molecule has 0 unspecified atom stereocenters. The van der Waals surface area contributed by atoms with Gasteiger partial charge in [-0.25, -0.2) is 4.79 Å². The Morgan fingerprint density at radius 2 is 1.64 bits per heavy atom. The molecule has 8 nitrogen and oxygen atoms in total. The Labute approximate surface area is 191 Å². The first kappa shape index (κ1) is 23.5. The first-order valence-electron chi connectivity index (χ1n) is 10.3. The average Bonchev–Trinajstić information content (AvgIpc) is 2.83. The fraction of sp³-hybridized carbons (Fsp3) is 0.200. The summed E-state index contributed by atoms with van der Waals surface area (Å²) in [5, 5.41) is 13.6. The number of carbonyl (C=O) groups excluding carboxylic acids is 2. The van der Waals surface area contributed by atoms with Crippen molar-refractivity contribution in [2.24, 2.45) is 0 Å². The number of amides is 1. The molecule has 0 bridgehead atoms. The van der Waals surface area contributed by atoms with Gasteiger partial charge in [-0.1, -0.05) is 54.6 Å². The van der Waals surface area contributed by atoms with E-state index in [0.29, 0.717) is 17.9 Å². The van der Waals surface area contributed by atoms with Crippen LogP contribution in [0.1, 0.15) is 16.7 Å². The van der Waals surface area contributed by atoms with Crippen molar-refractivity contribution in [2.45, 2.75) is 25.5 Å². The molecule has 8 heteroatoms. The molecule has 0 heterocycles. The summed E-state index contributed by atoms with van der Waals surface area (Å²) in [5.41, 5.74) is 2.19. The molecule has 33 heavy (non-hydrogen) atoms. The summed E-state index contributed by atoms with van der Waals surface area (Å²) in [7, 11) is 1.25. The summed E-state index contributed by atoms with van der Waals surface area (Å²) < 4.78 is 10.7. The zero-order chi connectivity index (χ0) is 23.6. The van der Waals surface area contributed by atoms with Crippen LogP contribution < -0.4 is 10.1 Å². The summed E-state index contributed by atoms with van der Waals surface area (Å²) in [6.07, 6.45) is 0.102. The van der Waals surface area contributed by atoms with Crippen LogP contribution in [0.4, 0.5) is 5.69 Å². The number of ether oxygens (including phenoxy) is 2. The highest BCUT2D eigenvalue weighted by molar-refractivity contribution is 5.85. The topological polar surface area (TPSA) is 108 Å². The van der Waals surface area contributed by atoms with Crippen molar-refractivity contribution in [1.29, 1.82) is 0 Å². The Balaban J connectivity index is 1.64. The van der Waals surface area contributed by atoms with Crippen molar-refractivity contribution in [2.75, 3.05) is 7.11 Å². The SMILES string of the molecule is COC(=O)[C@@H](Cc1cccc(OCc2ccccc2)c1)NC(=O)Cc1cccc([N+](=O)[O-])c1. The van der Waals surface area contributed by atoms with Gasteiger partial charge in [0.25, 0.3) is 5.69 Å². The molecule has 1 atom stereocenters. The molecule has 0 fully saturated rings. The first-order chi connectivity index (χ1) is 15.9. The van der Waals surface area contributed by atoms with E-state index in [-0.39, 0.29) is 18.5 Å². The Morgan fingerprint density at radius 3 is 2.36 bits per heavy atom. The molecule has 1 amide bonds. The van der Waals surface area contributed by atoms with E-state index in [1.165, 1.54) is 25.3 Å². The number of nitrogens with one attached hydrogen (secondary N) is 1. The van der Waals surface area contributed by atoms with Crippen LogP contribution in [-0.4, -0.2) is 30.0 Å². The maximum atomic E-state index is 12.5. The second kappa shape index (κ2) is 11.4. The van der Waals surface area contributed by atoms with Crippen LogP contribution in [0.25, 0.3) is 0 Å². The summed E-state index contributed by atoms with van der Waals surface area (Å²) in [6, 6.07) is 21.9. The predicted octanol–water partition coefficient (Wildman–Crippen LogP) is 3.62. The minimum atomic E-state index is -0.912. The van der Waals surface area contributed by atoms with Gasteiger partial charge < -0.3 is 14.8 Å². The number of nitrogens with zero attached hydrogens (tertiary/aromatic N) is 1. The highest BCUT2D eigenvalue weighted by Crippen LogP contribution is 2.17. The van der Waals surface area contributed by atoms with Crippen LogP contribution in [0.5, 0.6) is 5.75 Å². The molecule has 0 spiro atoms. The smallest absolute Gasteiger partial charge is 0.328 e. The number of nitro benzene ring substituents is 1. The number of hydrogen-bond acceptors (Lipinski definition) is 6. The minimum Gasteiger partial charge on any atom is -0.489 e. The molecule has 3 aromatic carbocycles. The lowest BCUT2D eigenvalue weighted by Gasteiger charge is -2.17. The van der Waals surface area contributed by atoms with Crippen LogP contribution in [0.2, 0.25) is 0 Å². The normalized spacial score (nSPS) is 11.3. The van der Waals surface area contributed by atoms with Crippen molar-refractivity contribution >= 4 is 17.6 Å². The van der Waals surface area contributed by atoms with E-state index in [2.05, 4.69) is 5.32 Å². The second-order valence-corrected chi connectivity index (χ2v) is 7.37. The molecular weight excluding hydrogens is 424 g/mol. The molecule has 170 valence electrons. The Bertz CT molecular complexity index is 1120. The molecular formula is C25H24N2O6. The zero-order valence-corrected chi connectivity index (χ0v) is 18.1. The van der Waals surface area contributed by atoms with Crippen LogP contribution in [0, 0.1) is 10.1 Å². The van der Waals surface area contributed by atoms with E-state index in [4.69, 9.17) is 9.47 Å². The number of esters is 1. The first-order valence-corrected chi connectivity index (χ1v) is 10.3. The lowest BCUT2D eigenvalue weighted by Crippen LogP contribution is -2.43. The van der Waals surface area contributed by atoms with Gasteiger partial charge in [0.05, 0.1) is 18.5 Å². The minimum absolute atomic E-state index is 0.0999. The van der Waals surface area contributed by atoms with Gasteiger partial charge in [-0.3, -0.25) is 14.9 Å². The Morgan fingerprint density at radius 1 is 0.939 bits per heavy atom. The molecule has 0 saturated carbocycles. The molecule has 0 aromatic heterocycles. The lowest BCUT2D eigenvalue weighted by atomic mass is 10.0. The van der Waals surface area contributed by atoms with Crippen LogP contribution in [0.3, 0.4) is 0 Å². The third-order valence-corrected chi connectivity index (χ3v) is 4.89. The second-order valence-electron chi connectivity index (χ2n) is 7.37. The third-order valence-electron chi connectivity index (χ3n) is 4.89. The number of benzene rings is 3. The average molecular weight is 448 g/mol. The van der Waals surface area contributed by atoms with Crippen molar-refractivity contribution in [3.05, 3.63) is 106 Å². The molecule has 1 N–H and O–H groups in total. The van der Waals surface area contributed by atoms with Crippen molar-refractivity contribution in [1.82, 2.24) is 5.32 Å². The van der Waals surface area contributed by atoms with E-state index in [0.717, 1.165) is 11.1 Å². The fourth-order valence-electron chi connectivity index (χ4n) is 3.29. The van der Waals surface area contributed by atoms with Crippen molar-refractivity contribution in [3.8, 4) is 5.75 Å². The summed E-state index contributed by atoms with van der Waals surface area (Å²) in [4.78, 5) is 35.2. The molecule has 0 radical (unpaired) electrons. The standard InChI is InChI=1S/C25H24N2O6/c1-32-25(29)23(26-24(28)16-19-9-5-11-21(13-19)27(30)31)15-20-10-6-12-22(14-20)33-17-18-7-3-2-4-8-18/h2-14,23H,15-17H2,1H3,(H,26,28)/t23-/m1/s1. The monoisotopic (exact) mass is 448 g/mol. The molecule has 3 rings (SSSR count). The number of hydrogen-bond donors (Lipinski definition) is 1. The van der Waals surface area contributed by atoms with E-state index >= 15 is 0 Å². The van der Waals surface area contributed by atoms with Gasteiger partial charge in [-0.2, -0.15) is 0 Å². The highest BCUT2D eigenvalue weighted by atomic mass is 16.6. The summed E-state index contributed by atoms with van der Waals surface area (Å²) >= 11 is 0. The molecule has 3 aromatic rings. The Hall–Kier alpha value is -4.20. The predicted molar refractivity (Wildman–Crippen MR) is 122 cm³/mol. The van der Waals surface area contributed by atoms with E-state index < -0.39 is 22.8 Å². The maximum Gasteiger partial charge on any atom is 0.328 e. The van der Waals surface area contributed by atoms with Crippen molar-refractivity contribution in [3.63, 3.8) is 0 Å². The third kappa shape index (κ3) is 7.17. The van der Waals surface area contributed by atoms with Gasteiger partial charge in [0.15, 0.2) is 0 Å². The number of carbonyl (C=O) groups is 2. The van der Waals surface area contributed by atoms with Crippen molar-refractivity contribution < 1.29 is 24.0 Å². The van der Waals surface area contributed by atoms with Crippen LogP contribution in [0.15, 0.2) is 78.9 Å². The van der Waals surface area contributed by atoms with Gasteiger partial charge in [-0.05, 0) is 28.8 Å². The highest BCUT2D eigenvalue weighted by Gasteiger charge is 2.22. The van der Waals surface area contributed by atoms with E-state index in [1.807, 2.05) is 54.6 Å². The number of non-ortho nitro benzene ring substituents is 1. The van der Waals surface area contributed by atoms with E-state index in [1.54, 1.807) is 6.07 Å². The fourth-order valence-corrected chi connectivity index (χ4v) is 3.29. The molecule has 0 saturated heterocycles. The van der Waals surface area contributed by atoms with Gasteiger partial charge in [0.1, 0.15) is 18.4 Å². The molecule has 0 aliphatic heterocycles. The maximum absolute atomic E-state index is 12.5. The number of rotatable bonds is 10. The van der Waals surface area contributed by atoms with Gasteiger partial charge in [0, 0.05) is 18.6 Å². The molecule has 0 aliphatic carbocycles. The Kier molecular flexibility index (Phi) is 8.13. The zero-order valence-electron chi connectivity index (χ0n) is 18.1. The molecule has 0 aliphatic rings. The van der Waals surface area contributed by atoms with Gasteiger partial charge in [0.2, 0.25) is 5.91 Å². The number of nitro groups is 1. The number of methoxy groups -OCH3 is 1. The summed E-state index contributed by atoms with van der Waals surface area (Å²) in [6.45, 7) is 0.407. The summed E-state index contributed by atoms with van der Waals surface area (Å²) in [5.74, 6) is -0.386. The lowest BCUT2D eigenvalue weighted by molar-refractivity contribution is -0.384. The van der Waals surface area contributed by atoms with Crippen LogP contribution in [-0.2, 0) is 33.8 Å². The van der Waals surface area contributed by atoms with Crippen LogP contribution >= 0.6 is 0 Å². The largest absolute Gasteiger partial charge is 0.489 e. The quantitative estimate of drug-likeness (QED) is 0.288.